The van der Waals surface area contributed by atoms with Gasteiger partial charge in [-0.25, -0.2) is 4.99 Å². The number of nitrogens with zero attached hydrogens (tertiary/aromatic N) is 2. The van der Waals surface area contributed by atoms with Crippen LogP contribution >= 0.6 is 0 Å². The third-order valence-corrected chi connectivity index (χ3v) is 3.28. The van der Waals surface area contributed by atoms with Crippen LogP contribution in [-0.4, -0.2) is 34.8 Å². The number of amides is 2. The van der Waals surface area contributed by atoms with Gasteiger partial charge in [0.15, 0.2) is 5.96 Å². The Labute approximate surface area is 100 Å². The highest BCUT2D eigenvalue weighted by atomic mass is 16.2. The quantitative estimate of drug-likeness (QED) is 0.688. The van der Waals surface area contributed by atoms with E-state index in [1.165, 1.54) is 4.90 Å². The molecule has 0 aromatic rings. The van der Waals surface area contributed by atoms with Crippen LogP contribution in [0.2, 0.25) is 0 Å². The Bertz CT molecular complexity index is 402. The topological polar surface area (TPSA) is 102 Å². The maximum absolute atomic E-state index is 11.9. The number of rotatable bonds is 3. The molecule has 6 nitrogen and oxygen atoms in total. The van der Waals surface area contributed by atoms with E-state index in [2.05, 4.69) is 4.99 Å². The predicted molar refractivity (Wildman–Crippen MR) is 62.8 cm³/mol. The molecule has 0 spiro atoms. The van der Waals surface area contributed by atoms with Crippen LogP contribution < -0.4 is 11.5 Å². The molecule has 94 valence electrons. The Morgan fingerprint density at radius 1 is 1.59 bits per heavy atom. The van der Waals surface area contributed by atoms with E-state index in [9.17, 15) is 9.59 Å². The summed E-state index contributed by atoms with van der Waals surface area (Å²) in [5, 5.41) is 0. The van der Waals surface area contributed by atoms with Crippen LogP contribution in [0.5, 0.6) is 0 Å². The first-order valence-electron chi connectivity index (χ1n) is 5.75. The van der Waals surface area contributed by atoms with Gasteiger partial charge in [0.1, 0.15) is 0 Å². The molecule has 0 saturated heterocycles. The Balaban J connectivity index is 2.03. The maximum atomic E-state index is 11.9. The van der Waals surface area contributed by atoms with E-state index in [-0.39, 0.29) is 29.6 Å². The summed E-state index contributed by atoms with van der Waals surface area (Å²) in [6.45, 7) is 4.20. The van der Waals surface area contributed by atoms with Crippen molar-refractivity contribution in [1.82, 2.24) is 4.90 Å². The lowest BCUT2D eigenvalue weighted by Crippen LogP contribution is -2.50. The lowest BCUT2D eigenvalue weighted by Gasteiger charge is -2.32. The molecular weight excluding hydrogens is 220 g/mol. The van der Waals surface area contributed by atoms with Crippen LogP contribution in [-0.2, 0) is 9.59 Å². The monoisotopic (exact) mass is 238 g/mol. The first kappa shape index (κ1) is 11.9. The van der Waals surface area contributed by atoms with Gasteiger partial charge in [0.05, 0.1) is 12.0 Å². The van der Waals surface area contributed by atoms with Crippen LogP contribution in [0.3, 0.4) is 0 Å². The molecular formula is C11H18N4O2. The van der Waals surface area contributed by atoms with E-state index in [0.717, 1.165) is 6.42 Å². The molecule has 0 radical (unpaired) electrons. The molecule has 0 bridgehead atoms. The van der Waals surface area contributed by atoms with Gasteiger partial charge in [0, 0.05) is 12.5 Å². The minimum atomic E-state index is -0.426. The van der Waals surface area contributed by atoms with Crippen molar-refractivity contribution in [2.45, 2.75) is 32.2 Å². The zero-order valence-electron chi connectivity index (χ0n) is 10.1. The van der Waals surface area contributed by atoms with Crippen molar-refractivity contribution in [3.05, 3.63) is 0 Å². The van der Waals surface area contributed by atoms with Crippen molar-refractivity contribution in [2.75, 3.05) is 6.54 Å². The number of primary amides is 1. The summed E-state index contributed by atoms with van der Waals surface area (Å²) in [7, 11) is 0. The number of hydrogen-bond acceptors (Lipinski definition) is 4. The summed E-state index contributed by atoms with van der Waals surface area (Å²) < 4.78 is 0. The molecule has 1 unspecified atom stereocenters. The van der Waals surface area contributed by atoms with Crippen LogP contribution in [0.15, 0.2) is 4.99 Å². The summed E-state index contributed by atoms with van der Waals surface area (Å²) in [5.74, 6) is -0.0359. The van der Waals surface area contributed by atoms with Gasteiger partial charge in [-0.2, -0.15) is 0 Å². The number of carbonyl (C=O) groups is 2. The SMILES string of the molecule is CC1(C)CC(=O)N(C[C@H]2CC2C(N)=O)C(N)=N1. The van der Waals surface area contributed by atoms with Crippen molar-refractivity contribution in [3.63, 3.8) is 0 Å². The van der Waals surface area contributed by atoms with Crippen molar-refractivity contribution in [3.8, 4) is 0 Å². The summed E-state index contributed by atoms with van der Waals surface area (Å²) in [6.07, 6.45) is 1.09. The van der Waals surface area contributed by atoms with E-state index in [1.54, 1.807) is 0 Å². The first-order chi connectivity index (χ1) is 7.80. The minimum absolute atomic E-state index is 0.0300. The molecule has 6 heteroatoms. The van der Waals surface area contributed by atoms with Crippen LogP contribution in [0.4, 0.5) is 0 Å². The highest BCUT2D eigenvalue weighted by Crippen LogP contribution is 2.39. The fraction of sp³-hybridized carbons (Fsp3) is 0.727. The van der Waals surface area contributed by atoms with Crippen molar-refractivity contribution in [2.24, 2.45) is 28.3 Å². The number of nitrogens with two attached hydrogens (primary N) is 2. The molecule has 0 aromatic heterocycles. The lowest BCUT2D eigenvalue weighted by atomic mass is 9.99. The Morgan fingerprint density at radius 2 is 2.24 bits per heavy atom. The van der Waals surface area contributed by atoms with Crippen LogP contribution in [0, 0.1) is 11.8 Å². The van der Waals surface area contributed by atoms with Gasteiger partial charge in [-0.05, 0) is 26.2 Å². The fourth-order valence-corrected chi connectivity index (χ4v) is 2.23. The maximum Gasteiger partial charge on any atom is 0.231 e. The third-order valence-electron chi connectivity index (χ3n) is 3.28. The Morgan fingerprint density at radius 3 is 2.71 bits per heavy atom. The number of guanidine groups is 1. The standard InChI is InChI=1S/C11H18N4O2/c1-11(2)4-8(16)15(10(13)14-11)5-6-3-7(6)9(12)17/h6-7H,3-5H2,1-2H3,(H2,12,17)(H2,13,14)/t6-,7?/m1/s1. The van der Waals surface area contributed by atoms with Gasteiger partial charge in [-0.1, -0.05) is 0 Å². The van der Waals surface area contributed by atoms with Gasteiger partial charge in [-0.15, -0.1) is 0 Å². The van der Waals surface area contributed by atoms with Gasteiger partial charge >= 0.3 is 0 Å². The highest BCUT2D eigenvalue weighted by molar-refractivity contribution is 5.99. The molecule has 0 aromatic carbocycles. The van der Waals surface area contributed by atoms with Crippen molar-refractivity contribution >= 4 is 17.8 Å². The average Bonchev–Trinajstić information content (AvgIpc) is 2.88. The second kappa shape index (κ2) is 3.72. The van der Waals surface area contributed by atoms with E-state index in [0.29, 0.717) is 13.0 Å². The van der Waals surface area contributed by atoms with Crippen molar-refractivity contribution in [1.29, 1.82) is 0 Å². The van der Waals surface area contributed by atoms with Gasteiger partial charge in [0.2, 0.25) is 11.8 Å². The lowest BCUT2D eigenvalue weighted by molar-refractivity contribution is -0.129. The van der Waals surface area contributed by atoms with Crippen LogP contribution in [0.25, 0.3) is 0 Å². The molecule has 2 aliphatic rings. The first-order valence-corrected chi connectivity index (χ1v) is 5.75. The van der Waals surface area contributed by atoms with E-state index in [4.69, 9.17) is 11.5 Å². The van der Waals surface area contributed by atoms with Gasteiger partial charge < -0.3 is 11.5 Å². The predicted octanol–water partition coefficient (Wildman–Crippen LogP) is -0.567. The summed E-state index contributed by atoms with van der Waals surface area (Å²) in [4.78, 5) is 28.6. The Hall–Kier alpha value is -1.59. The largest absolute Gasteiger partial charge is 0.369 e. The molecule has 1 saturated carbocycles. The zero-order valence-corrected chi connectivity index (χ0v) is 10.1. The highest BCUT2D eigenvalue weighted by Gasteiger charge is 2.45. The third kappa shape index (κ3) is 2.40. The molecule has 2 rings (SSSR count). The molecule has 1 aliphatic carbocycles. The minimum Gasteiger partial charge on any atom is -0.369 e. The van der Waals surface area contributed by atoms with Gasteiger partial charge in [0.25, 0.3) is 0 Å². The second-order valence-corrected chi connectivity index (χ2v) is 5.47. The van der Waals surface area contributed by atoms with E-state index >= 15 is 0 Å². The molecule has 17 heavy (non-hydrogen) atoms. The number of hydrogen-bond donors (Lipinski definition) is 2. The molecule has 1 fully saturated rings. The summed E-state index contributed by atoms with van der Waals surface area (Å²) in [6, 6.07) is 0. The molecule has 1 heterocycles. The van der Waals surface area contributed by atoms with Crippen molar-refractivity contribution < 1.29 is 9.59 Å². The molecule has 1 aliphatic heterocycles. The smallest absolute Gasteiger partial charge is 0.231 e. The zero-order chi connectivity index (χ0) is 12.8. The molecule has 2 atom stereocenters. The van der Waals surface area contributed by atoms with Crippen LogP contribution in [0.1, 0.15) is 26.7 Å². The fourth-order valence-electron chi connectivity index (χ4n) is 2.23. The van der Waals surface area contributed by atoms with E-state index < -0.39 is 5.54 Å². The summed E-state index contributed by atoms with van der Waals surface area (Å²) in [5.41, 5.74) is 10.6. The number of carbonyl (C=O) groups excluding carboxylic acids is 2. The summed E-state index contributed by atoms with van der Waals surface area (Å²) >= 11 is 0. The second-order valence-electron chi connectivity index (χ2n) is 5.47. The van der Waals surface area contributed by atoms with Gasteiger partial charge in [-0.3, -0.25) is 14.5 Å². The van der Waals surface area contributed by atoms with E-state index in [1.807, 2.05) is 13.8 Å². The Kier molecular flexibility index (Phi) is 2.60. The number of aliphatic imine (C=N–C) groups is 1. The molecule has 2 amide bonds. The normalized spacial score (nSPS) is 31.1. The molecule has 4 N–H and O–H groups in total. The average molecular weight is 238 g/mol.